The molecule has 0 aliphatic carbocycles. The van der Waals surface area contributed by atoms with E-state index in [1.54, 1.807) is 6.92 Å². The van der Waals surface area contributed by atoms with Crippen molar-refractivity contribution >= 4 is 5.97 Å². The summed E-state index contributed by atoms with van der Waals surface area (Å²) in [5.41, 5.74) is 1.24. The number of hydrogen-bond acceptors (Lipinski definition) is 2. The Balaban J connectivity index is 2.21. The van der Waals surface area contributed by atoms with Gasteiger partial charge in [0.05, 0.1) is 0 Å². The van der Waals surface area contributed by atoms with Crippen LogP contribution in [-0.4, -0.2) is 28.6 Å². The number of carboxylic acid groups (broad SMARTS) is 1. The smallest absolute Gasteiger partial charge is 0.320 e. The van der Waals surface area contributed by atoms with Crippen molar-refractivity contribution in [1.82, 2.24) is 4.90 Å². The highest BCUT2D eigenvalue weighted by atomic mass is 16.4. The number of likely N-dealkylation sites (tertiary alicyclic amines) is 1. The third-order valence-electron chi connectivity index (χ3n) is 3.58. The van der Waals surface area contributed by atoms with Gasteiger partial charge in [0.15, 0.2) is 0 Å². The highest BCUT2D eigenvalue weighted by Gasteiger charge is 2.30. The highest BCUT2D eigenvalue weighted by molar-refractivity contribution is 5.73. The summed E-state index contributed by atoms with van der Waals surface area (Å²) in [6.45, 7) is 2.66. The van der Waals surface area contributed by atoms with Crippen molar-refractivity contribution in [2.24, 2.45) is 0 Å². The van der Waals surface area contributed by atoms with Crippen LogP contribution in [0.3, 0.4) is 0 Å². The predicted octanol–water partition coefficient (Wildman–Crippen LogP) is 2.69. The maximum atomic E-state index is 11.1. The van der Waals surface area contributed by atoms with Crippen LogP contribution < -0.4 is 0 Å². The normalized spacial score (nSPS) is 23.2. The molecule has 1 heterocycles. The monoisotopic (exact) mass is 233 g/mol. The number of rotatable bonds is 3. The Labute approximate surface area is 102 Å². The van der Waals surface area contributed by atoms with E-state index in [0.29, 0.717) is 0 Å². The molecule has 1 N–H and O–H groups in total. The minimum absolute atomic E-state index is 0.260. The average Bonchev–Trinajstić information content (AvgIpc) is 2.39. The van der Waals surface area contributed by atoms with Crippen LogP contribution in [0.25, 0.3) is 0 Å². The van der Waals surface area contributed by atoms with E-state index in [-0.39, 0.29) is 6.04 Å². The third kappa shape index (κ3) is 2.67. The topological polar surface area (TPSA) is 40.5 Å². The molecule has 0 aromatic heterocycles. The first kappa shape index (κ1) is 12.1. The first-order valence-corrected chi connectivity index (χ1v) is 6.23. The summed E-state index contributed by atoms with van der Waals surface area (Å²) in [4.78, 5) is 13.2. The fraction of sp³-hybridized carbons (Fsp3) is 0.500. The van der Waals surface area contributed by atoms with Crippen molar-refractivity contribution in [3.05, 3.63) is 35.9 Å². The fourth-order valence-corrected chi connectivity index (χ4v) is 2.59. The zero-order valence-electron chi connectivity index (χ0n) is 10.2. The van der Waals surface area contributed by atoms with Crippen LogP contribution in [-0.2, 0) is 4.79 Å². The molecule has 0 bridgehead atoms. The van der Waals surface area contributed by atoms with Crippen LogP contribution in [0.1, 0.15) is 37.8 Å². The molecule has 1 aliphatic heterocycles. The van der Waals surface area contributed by atoms with Gasteiger partial charge in [-0.3, -0.25) is 9.69 Å². The summed E-state index contributed by atoms with van der Waals surface area (Å²) in [7, 11) is 0. The lowest BCUT2D eigenvalue weighted by Crippen LogP contribution is -2.44. The van der Waals surface area contributed by atoms with Crippen LogP contribution >= 0.6 is 0 Å². The summed E-state index contributed by atoms with van der Waals surface area (Å²) in [6, 6.07) is 10.1. The minimum atomic E-state index is -0.729. The van der Waals surface area contributed by atoms with Gasteiger partial charge in [-0.25, -0.2) is 0 Å². The molecule has 1 unspecified atom stereocenters. The van der Waals surface area contributed by atoms with Crippen LogP contribution in [0.15, 0.2) is 30.3 Å². The number of carbonyl (C=O) groups is 1. The predicted molar refractivity (Wildman–Crippen MR) is 66.8 cm³/mol. The average molecular weight is 233 g/mol. The molecule has 92 valence electrons. The van der Waals surface area contributed by atoms with Gasteiger partial charge in [-0.05, 0) is 31.9 Å². The third-order valence-corrected chi connectivity index (χ3v) is 3.58. The Bertz CT molecular complexity index is 377. The fourth-order valence-electron chi connectivity index (χ4n) is 2.59. The Hall–Kier alpha value is -1.35. The second-order valence-corrected chi connectivity index (χ2v) is 4.67. The van der Waals surface area contributed by atoms with E-state index in [9.17, 15) is 4.79 Å². The molecule has 1 aromatic rings. The van der Waals surface area contributed by atoms with Gasteiger partial charge in [0, 0.05) is 6.04 Å². The maximum absolute atomic E-state index is 11.1. The number of nitrogens with zero attached hydrogens (tertiary/aromatic N) is 1. The second-order valence-electron chi connectivity index (χ2n) is 4.67. The molecule has 2 rings (SSSR count). The van der Waals surface area contributed by atoms with Crippen molar-refractivity contribution in [3.63, 3.8) is 0 Å². The summed E-state index contributed by atoms with van der Waals surface area (Å²) >= 11 is 0. The van der Waals surface area contributed by atoms with Gasteiger partial charge in [-0.15, -0.1) is 0 Å². The zero-order valence-corrected chi connectivity index (χ0v) is 10.2. The molecule has 0 spiro atoms. The lowest BCUT2D eigenvalue weighted by atomic mass is 9.94. The van der Waals surface area contributed by atoms with E-state index in [1.165, 1.54) is 12.0 Å². The molecule has 1 saturated heterocycles. The number of hydrogen-bond donors (Lipinski definition) is 1. The van der Waals surface area contributed by atoms with Gasteiger partial charge < -0.3 is 5.11 Å². The van der Waals surface area contributed by atoms with Crippen LogP contribution in [0.5, 0.6) is 0 Å². The Morgan fingerprint density at radius 1 is 1.35 bits per heavy atom. The summed E-state index contributed by atoms with van der Waals surface area (Å²) in [5.74, 6) is -0.729. The van der Waals surface area contributed by atoms with Crippen LogP contribution in [0, 0.1) is 0 Å². The SMILES string of the molecule is C[C@@H](C(=O)O)N1CCCCC1c1ccccc1. The van der Waals surface area contributed by atoms with Crippen molar-refractivity contribution in [1.29, 1.82) is 0 Å². The number of aliphatic carboxylic acids is 1. The molecule has 0 radical (unpaired) electrons. The molecule has 0 amide bonds. The Kier molecular flexibility index (Phi) is 3.79. The number of benzene rings is 1. The zero-order chi connectivity index (χ0) is 12.3. The van der Waals surface area contributed by atoms with Crippen LogP contribution in [0.2, 0.25) is 0 Å². The van der Waals surface area contributed by atoms with Crippen molar-refractivity contribution in [2.75, 3.05) is 6.54 Å². The van der Waals surface area contributed by atoms with Crippen LogP contribution in [0.4, 0.5) is 0 Å². The van der Waals surface area contributed by atoms with Gasteiger partial charge in [0.25, 0.3) is 0 Å². The molecule has 17 heavy (non-hydrogen) atoms. The van der Waals surface area contributed by atoms with Crippen molar-refractivity contribution in [3.8, 4) is 0 Å². The molecule has 3 nitrogen and oxygen atoms in total. The van der Waals surface area contributed by atoms with Gasteiger partial charge >= 0.3 is 5.97 Å². The number of carboxylic acids is 1. The van der Waals surface area contributed by atoms with E-state index < -0.39 is 12.0 Å². The summed E-state index contributed by atoms with van der Waals surface area (Å²) in [5, 5.41) is 9.16. The van der Waals surface area contributed by atoms with E-state index in [2.05, 4.69) is 17.0 Å². The first-order valence-electron chi connectivity index (χ1n) is 6.23. The van der Waals surface area contributed by atoms with Gasteiger partial charge in [-0.1, -0.05) is 36.8 Å². The van der Waals surface area contributed by atoms with Crippen molar-refractivity contribution in [2.45, 2.75) is 38.3 Å². The summed E-state index contributed by atoms with van der Waals surface area (Å²) < 4.78 is 0. The van der Waals surface area contributed by atoms with Gasteiger partial charge in [0.2, 0.25) is 0 Å². The number of piperidine rings is 1. The lowest BCUT2D eigenvalue weighted by Gasteiger charge is -2.38. The molecule has 0 saturated carbocycles. The molecule has 1 aromatic carbocycles. The second kappa shape index (κ2) is 5.32. The minimum Gasteiger partial charge on any atom is -0.480 e. The maximum Gasteiger partial charge on any atom is 0.320 e. The summed E-state index contributed by atoms with van der Waals surface area (Å²) in [6.07, 6.45) is 3.34. The first-order chi connectivity index (χ1) is 8.20. The quantitative estimate of drug-likeness (QED) is 0.872. The molecule has 2 atom stereocenters. The van der Waals surface area contributed by atoms with E-state index in [4.69, 9.17) is 5.11 Å². The largest absolute Gasteiger partial charge is 0.480 e. The molecular weight excluding hydrogens is 214 g/mol. The Morgan fingerprint density at radius 2 is 2.06 bits per heavy atom. The van der Waals surface area contributed by atoms with E-state index in [0.717, 1.165) is 19.4 Å². The van der Waals surface area contributed by atoms with Gasteiger partial charge in [-0.2, -0.15) is 0 Å². The van der Waals surface area contributed by atoms with E-state index >= 15 is 0 Å². The lowest BCUT2D eigenvalue weighted by molar-refractivity contribution is -0.144. The molecule has 1 aliphatic rings. The highest BCUT2D eigenvalue weighted by Crippen LogP contribution is 2.32. The van der Waals surface area contributed by atoms with E-state index in [1.807, 2.05) is 18.2 Å². The van der Waals surface area contributed by atoms with Gasteiger partial charge in [0.1, 0.15) is 6.04 Å². The molecular formula is C14H19NO2. The molecule has 1 fully saturated rings. The standard InChI is InChI=1S/C14H19NO2/c1-11(14(16)17)15-10-6-5-9-13(15)12-7-3-2-4-8-12/h2-4,7-8,11,13H,5-6,9-10H2,1H3,(H,16,17)/t11-,13?/m0/s1. The Morgan fingerprint density at radius 3 is 2.71 bits per heavy atom. The van der Waals surface area contributed by atoms with Crippen molar-refractivity contribution < 1.29 is 9.90 Å². The molecule has 3 heteroatoms.